The number of nitriles is 1. The molecule has 3 saturated heterocycles. The van der Waals surface area contributed by atoms with Crippen molar-refractivity contribution in [3.63, 3.8) is 0 Å². The number of ether oxygens (including phenoxy) is 1. The predicted molar refractivity (Wildman–Crippen MR) is 274 cm³/mol. The number of hydrogen-bond acceptors (Lipinski definition) is 10. The van der Waals surface area contributed by atoms with Crippen LogP contribution in [0.15, 0.2) is 108 Å². The molecule has 4 aromatic carbocycles. The highest BCUT2D eigenvalue weighted by molar-refractivity contribution is 7.81. The Balaban J connectivity index is 0.766. The Morgan fingerprint density at radius 2 is 1.59 bits per heavy atom. The van der Waals surface area contributed by atoms with E-state index in [4.69, 9.17) is 33.0 Å². The molecule has 0 radical (unpaired) electrons. The molecule has 1 aromatic heterocycles. The highest BCUT2D eigenvalue weighted by Crippen LogP contribution is 2.39. The van der Waals surface area contributed by atoms with Gasteiger partial charge in [-0.3, -0.25) is 24.1 Å². The number of rotatable bonds is 15. The lowest BCUT2D eigenvalue weighted by atomic mass is 9.85. The van der Waals surface area contributed by atoms with Gasteiger partial charge in [-0.1, -0.05) is 93.0 Å². The number of halogens is 1. The van der Waals surface area contributed by atoms with Crippen LogP contribution in [0.1, 0.15) is 82.9 Å². The Bertz CT molecular complexity index is 2740. The van der Waals surface area contributed by atoms with Gasteiger partial charge in [0.25, 0.3) is 5.91 Å². The van der Waals surface area contributed by atoms with E-state index in [2.05, 4.69) is 44.8 Å². The van der Waals surface area contributed by atoms with E-state index in [-0.39, 0.29) is 35.3 Å². The Labute approximate surface area is 419 Å². The number of thiocarbonyl (C=S) groups is 1. The van der Waals surface area contributed by atoms with Crippen molar-refractivity contribution in [2.75, 3.05) is 49.2 Å². The number of nitrogens with one attached hydrogen (secondary N) is 2. The van der Waals surface area contributed by atoms with Crippen LogP contribution in [-0.4, -0.2) is 101 Å². The van der Waals surface area contributed by atoms with E-state index in [1.165, 1.54) is 16.9 Å². The standard InChI is InChI=1S/C54H59ClN8O6S/c1-53(2,3)48(50(66)61-24-6-7-45(61)49(65)58-31-35-8-10-40(11-9-35)46-32-57-34-69-46)59-47(64)33-68-28-27-60-25-22-39(23-26-60)37-14-12-36(13-15-37)38-16-19-42(20-17-38)63-52(70)62(51(67)54(63,4)5)43-21-18-41(30-56)44(55)29-43/h8-21,29,32,34,39,45,48H,6-7,22-28,31,33H2,1-5H3,(H,58,65)(H,59,64)/t45-,48+/m0/s1. The summed E-state index contributed by atoms with van der Waals surface area (Å²) in [7, 11) is 0. The van der Waals surface area contributed by atoms with E-state index in [0.717, 1.165) is 53.9 Å². The molecule has 3 fully saturated rings. The van der Waals surface area contributed by atoms with Crippen LogP contribution in [0.25, 0.3) is 22.5 Å². The SMILES string of the molecule is CC(C)(C)[C@H](NC(=O)COCCN1CCC(c2ccc(-c3ccc(N4C(=S)N(c5ccc(C#N)c(Cl)c5)C(=O)C4(C)C)cc3)cc2)CC1)C(=O)N1CCC[C@H]1C(=O)NCc1ccc(-c2cnco2)cc1. The number of benzene rings is 4. The Hall–Kier alpha value is -6.44. The highest BCUT2D eigenvalue weighted by atomic mass is 35.5. The molecule has 8 rings (SSSR count). The minimum absolute atomic E-state index is 0.165. The first-order chi connectivity index (χ1) is 33.5. The van der Waals surface area contributed by atoms with Crippen molar-refractivity contribution in [2.24, 2.45) is 5.41 Å². The van der Waals surface area contributed by atoms with Crippen molar-refractivity contribution in [1.29, 1.82) is 5.26 Å². The minimum atomic E-state index is -0.946. The summed E-state index contributed by atoms with van der Waals surface area (Å²) in [6, 6.07) is 29.9. The van der Waals surface area contributed by atoms with Gasteiger partial charge in [-0.2, -0.15) is 5.26 Å². The summed E-state index contributed by atoms with van der Waals surface area (Å²) in [5, 5.41) is 15.8. The summed E-state index contributed by atoms with van der Waals surface area (Å²) in [6.07, 6.45) is 6.30. The molecule has 3 aliphatic heterocycles. The van der Waals surface area contributed by atoms with E-state index in [9.17, 15) is 24.4 Å². The highest BCUT2D eigenvalue weighted by Gasteiger charge is 2.50. The molecular weight excluding hydrogens is 924 g/mol. The summed E-state index contributed by atoms with van der Waals surface area (Å²) < 4.78 is 11.2. The van der Waals surface area contributed by atoms with Gasteiger partial charge in [-0.25, -0.2) is 4.98 Å². The van der Waals surface area contributed by atoms with Crippen molar-refractivity contribution in [2.45, 2.75) is 90.4 Å². The number of likely N-dealkylation sites (tertiary alicyclic amines) is 2. The fourth-order valence-electron chi connectivity index (χ4n) is 9.56. The van der Waals surface area contributed by atoms with Crippen LogP contribution in [0, 0.1) is 16.7 Å². The zero-order chi connectivity index (χ0) is 49.7. The lowest BCUT2D eigenvalue weighted by molar-refractivity contribution is -0.144. The van der Waals surface area contributed by atoms with E-state index in [1.54, 1.807) is 29.3 Å². The van der Waals surface area contributed by atoms with Crippen LogP contribution in [0.2, 0.25) is 5.02 Å². The number of nitrogens with zero attached hydrogens (tertiary/aromatic N) is 6. The lowest BCUT2D eigenvalue weighted by Crippen LogP contribution is -2.58. The van der Waals surface area contributed by atoms with Crippen molar-refractivity contribution in [3.05, 3.63) is 125 Å². The molecule has 0 spiro atoms. The van der Waals surface area contributed by atoms with Gasteiger partial charge in [-0.15, -0.1) is 0 Å². The van der Waals surface area contributed by atoms with E-state index in [0.29, 0.717) is 67.1 Å². The number of piperidine rings is 1. The molecule has 2 N–H and O–H groups in total. The summed E-state index contributed by atoms with van der Waals surface area (Å²) in [5.74, 6) is 0.0599. The second kappa shape index (κ2) is 21.3. The maximum atomic E-state index is 14.0. The summed E-state index contributed by atoms with van der Waals surface area (Å²) in [6.45, 7) is 12.9. The maximum absolute atomic E-state index is 14.0. The van der Waals surface area contributed by atoms with Gasteiger partial charge >= 0.3 is 0 Å². The Morgan fingerprint density at radius 1 is 0.929 bits per heavy atom. The molecule has 14 nitrogen and oxygen atoms in total. The number of hydrogen-bond donors (Lipinski definition) is 2. The summed E-state index contributed by atoms with van der Waals surface area (Å²) >= 11 is 12.2. The molecule has 16 heteroatoms. The smallest absolute Gasteiger partial charge is 0.259 e. The summed E-state index contributed by atoms with van der Waals surface area (Å²) in [5.41, 5.74) is 5.33. The van der Waals surface area contributed by atoms with Crippen LogP contribution in [0.5, 0.6) is 0 Å². The average Bonchev–Trinajstić information content (AvgIpc) is 4.12. The van der Waals surface area contributed by atoms with Crippen LogP contribution >= 0.6 is 23.8 Å². The first-order valence-corrected chi connectivity index (χ1v) is 24.6. The third-order valence-electron chi connectivity index (χ3n) is 13.6. The van der Waals surface area contributed by atoms with Crippen molar-refractivity contribution in [3.8, 4) is 28.5 Å². The number of carbonyl (C=O) groups excluding carboxylic acids is 4. The molecular formula is C54H59ClN8O6S. The van der Waals surface area contributed by atoms with E-state index >= 15 is 0 Å². The fourth-order valence-corrected chi connectivity index (χ4v) is 10.3. The third kappa shape index (κ3) is 11.0. The molecule has 0 aliphatic carbocycles. The molecule has 364 valence electrons. The number of amides is 4. The lowest BCUT2D eigenvalue weighted by Gasteiger charge is -2.35. The second-order valence-electron chi connectivity index (χ2n) is 19.8. The molecule has 0 unspecified atom stereocenters. The van der Waals surface area contributed by atoms with E-state index < -0.39 is 23.0 Å². The first kappa shape index (κ1) is 50.0. The number of oxazole rings is 1. The molecule has 2 atom stereocenters. The predicted octanol–water partition coefficient (Wildman–Crippen LogP) is 8.48. The summed E-state index contributed by atoms with van der Waals surface area (Å²) in [4.78, 5) is 65.6. The molecule has 0 saturated carbocycles. The number of anilines is 2. The van der Waals surface area contributed by atoms with Crippen LogP contribution in [-0.2, 0) is 30.5 Å². The van der Waals surface area contributed by atoms with Gasteiger partial charge in [0.05, 0.1) is 29.1 Å². The van der Waals surface area contributed by atoms with Crippen molar-refractivity contribution < 1.29 is 28.3 Å². The molecule has 4 amide bonds. The Kier molecular flexibility index (Phi) is 15.2. The number of carbonyl (C=O) groups is 4. The van der Waals surface area contributed by atoms with Gasteiger partial charge in [-0.05, 0) is 129 Å². The molecule has 5 aromatic rings. The van der Waals surface area contributed by atoms with E-state index in [1.807, 2.05) is 94.1 Å². The normalized spacial score (nSPS) is 18.0. The minimum Gasteiger partial charge on any atom is -0.444 e. The van der Waals surface area contributed by atoms with Crippen LogP contribution in [0.4, 0.5) is 11.4 Å². The quantitative estimate of drug-likeness (QED) is 0.0764. The zero-order valence-corrected chi connectivity index (χ0v) is 41.8. The van der Waals surface area contributed by atoms with Crippen molar-refractivity contribution >= 4 is 63.9 Å². The average molecular weight is 984 g/mol. The van der Waals surface area contributed by atoms with Gasteiger partial charge in [0.2, 0.25) is 17.7 Å². The van der Waals surface area contributed by atoms with Gasteiger partial charge in [0.1, 0.15) is 30.3 Å². The zero-order valence-electron chi connectivity index (χ0n) is 40.2. The monoisotopic (exact) mass is 982 g/mol. The topological polar surface area (TPSA) is 164 Å². The molecule has 4 heterocycles. The molecule has 3 aliphatic rings. The van der Waals surface area contributed by atoms with Crippen LogP contribution < -0.4 is 20.4 Å². The second-order valence-corrected chi connectivity index (χ2v) is 20.5. The third-order valence-corrected chi connectivity index (χ3v) is 14.3. The number of aromatic nitrogens is 1. The molecule has 70 heavy (non-hydrogen) atoms. The Morgan fingerprint density at radius 3 is 2.21 bits per heavy atom. The van der Waals surface area contributed by atoms with Crippen molar-refractivity contribution in [1.82, 2.24) is 25.4 Å². The van der Waals surface area contributed by atoms with Gasteiger partial charge in [0, 0.05) is 30.9 Å². The largest absolute Gasteiger partial charge is 0.444 e. The van der Waals surface area contributed by atoms with Gasteiger partial charge in [0.15, 0.2) is 17.3 Å². The van der Waals surface area contributed by atoms with Crippen LogP contribution in [0.3, 0.4) is 0 Å². The van der Waals surface area contributed by atoms with Gasteiger partial charge < -0.3 is 34.5 Å². The fraction of sp³-hybridized carbons (Fsp3) is 0.389. The molecule has 0 bridgehead atoms. The maximum Gasteiger partial charge on any atom is 0.259 e. The first-order valence-electron chi connectivity index (χ1n) is 23.8.